The normalized spacial score (nSPS) is 11.1. The molecule has 1 aromatic carbocycles. The molecule has 0 aliphatic carbocycles. The molecule has 0 aliphatic heterocycles. The van der Waals surface area contributed by atoms with Crippen molar-refractivity contribution in [3.8, 4) is 0 Å². The molecule has 1 rings (SSSR count). The molecule has 1 aromatic rings. The van der Waals surface area contributed by atoms with Gasteiger partial charge >= 0.3 is 11.9 Å². The zero-order valence-corrected chi connectivity index (χ0v) is 10.5. The summed E-state index contributed by atoms with van der Waals surface area (Å²) in [7, 11) is 1.31. The van der Waals surface area contributed by atoms with Crippen LogP contribution in [0.15, 0.2) is 30.3 Å². The lowest BCUT2D eigenvalue weighted by atomic mass is 9.96. The number of carboxylic acids is 1. The van der Waals surface area contributed by atoms with Crippen LogP contribution in [0.25, 0.3) is 5.57 Å². The maximum Gasteiger partial charge on any atom is 0.338 e. The molecule has 0 bridgehead atoms. The molecule has 0 saturated carbocycles. The Labute approximate surface area is 106 Å². The molecule has 4 nitrogen and oxygen atoms in total. The van der Waals surface area contributed by atoms with E-state index in [1.54, 1.807) is 24.3 Å². The van der Waals surface area contributed by atoms with Gasteiger partial charge in [-0.1, -0.05) is 31.5 Å². The third-order valence-corrected chi connectivity index (χ3v) is 2.50. The molecule has 0 radical (unpaired) electrons. The van der Waals surface area contributed by atoms with E-state index in [1.165, 1.54) is 7.11 Å². The Kier molecular flexibility index (Phi) is 5.11. The third kappa shape index (κ3) is 3.45. The van der Waals surface area contributed by atoms with Gasteiger partial charge in [0.1, 0.15) is 0 Å². The van der Waals surface area contributed by atoms with Crippen LogP contribution in [0.1, 0.15) is 35.7 Å². The van der Waals surface area contributed by atoms with Crippen molar-refractivity contribution < 1.29 is 19.4 Å². The summed E-state index contributed by atoms with van der Waals surface area (Å²) in [5, 5.41) is 8.87. The number of allylic oxidation sites excluding steroid dienone is 1. The Morgan fingerprint density at radius 2 is 1.89 bits per heavy atom. The number of esters is 1. The monoisotopic (exact) mass is 248 g/mol. The highest BCUT2D eigenvalue weighted by Gasteiger charge is 2.14. The minimum Gasteiger partial charge on any atom is -0.478 e. The average molecular weight is 248 g/mol. The van der Waals surface area contributed by atoms with Crippen molar-refractivity contribution in [2.24, 2.45) is 0 Å². The molecule has 0 atom stereocenters. The summed E-state index contributed by atoms with van der Waals surface area (Å²) < 4.78 is 4.70. The van der Waals surface area contributed by atoms with Crippen molar-refractivity contribution in [2.75, 3.05) is 7.11 Å². The number of hydrogen-bond donors (Lipinski definition) is 1. The van der Waals surface area contributed by atoms with E-state index in [0.29, 0.717) is 23.1 Å². The first kappa shape index (κ1) is 14.0. The van der Waals surface area contributed by atoms with Crippen LogP contribution in [-0.2, 0) is 9.53 Å². The summed E-state index contributed by atoms with van der Waals surface area (Å²) in [6, 6.07) is 6.86. The van der Waals surface area contributed by atoms with Crippen molar-refractivity contribution in [3.63, 3.8) is 0 Å². The Bertz CT molecular complexity index is 474. The molecule has 0 saturated heterocycles. The van der Waals surface area contributed by atoms with Crippen molar-refractivity contribution in [1.82, 2.24) is 0 Å². The molecular weight excluding hydrogens is 232 g/mol. The number of rotatable bonds is 5. The van der Waals surface area contributed by atoms with Crippen LogP contribution < -0.4 is 0 Å². The van der Waals surface area contributed by atoms with Crippen LogP contribution in [0.5, 0.6) is 0 Å². The number of benzene rings is 1. The van der Waals surface area contributed by atoms with Crippen molar-refractivity contribution in [2.45, 2.75) is 19.8 Å². The van der Waals surface area contributed by atoms with Crippen LogP contribution in [0.3, 0.4) is 0 Å². The Balaban J connectivity index is 3.28. The van der Waals surface area contributed by atoms with E-state index >= 15 is 0 Å². The molecule has 4 heteroatoms. The Morgan fingerprint density at radius 3 is 2.39 bits per heavy atom. The van der Waals surface area contributed by atoms with Crippen molar-refractivity contribution >= 4 is 17.5 Å². The number of ether oxygens (including phenoxy) is 1. The molecule has 0 aromatic heterocycles. The summed E-state index contributed by atoms with van der Waals surface area (Å²) in [6.07, 6.45) is 2.54. The molecule has 1 N–H and O–H groups in total. The number of carboxylic acid groups (broad SMARTS) is 1. The minimum absolute atomic E-state index is 0.390. The van der Waals surface area contributed by atoms with Gasteiger partial charge in [-0.3, -0.25) is 0 Å². The summed E-state index contributed by atoms with van der Waals surface area (Å²) in [5.74, 6) is -1.48. The second kappa shape index (κ2) is 6.59. The van der Waals surface area contributed by atoms with Gasteiger partial charge in [0.15, 0.2) is 0 Å². The van der Waals surface area contributed by atoms with Crippen LogP contribution in [0.2, 0.25) is 0 Å². The molecular formula is C14H16O4. The zero-order chi connectivity index (χ0) is 13.5. The van der Waals surface area contributed by atoms with Crippen molar-refractivity contribution in [1.29, 1.82) is 0 Å². The van der Waals surface area contributed by atoms with Crippen LogP contribution >= 0.6 is 0 Å². The lowest BCUT2D eigenvalue weighted by molar-refractivity contribution is -0.131. The molecule has 0 spiro atoms. The highest BCUT2D eigenvalue weighted by atomic mass is 16.5. The van der Waals surface area contributed by atoms with Crippen LogP contribution in [-0.4, -0.2) is 24.2 Å². The fourth-order valence-corrected chi connectivity index (χ4v) is 1.75. The molecule has 0 unspecified atom stereocenters. The van der Waals surface area contributed by atoms with Gasteiger partial charge < -0.3 is 9.84 Å². The van der Waals surface area contributed by atoms with E-state index in [1.807, 2.05) is 6.92 Å². The number of carbonyl (C=O) groups excluding carboxylic acids is 1. The SMILES string of the molecule is CCC/C(=C\C(=O)O)c1ccccc1C(=O)OC. The predicted octanol–water partition coefficient (Wildman–Crippen LogP) is 2.74. The maximum absolute atomic E-state index is 11.6. The van der Waals surface area contributed by atoms with E-state index in [9.17, 15) is 9.59 Å². The standard InChI is InChI=1S/C14H16O4/c1-3-6-10(9-13(15)16)11-7-4-5-8-12(11)14(17)18-2/h4-5,7-9H,3,6H2,1-2H3,(H,15,16)/b10-9+. The van der Waals surface area contributed by atoms with E-state index in [4.69, 9.17) is 9.84 Å². The molecule has 0 amide bonds. The van der Waals surface area contributed by atoms with Gasteiger partial charge in [-0.15, -0.1) is 0 Å². The lowest BCUT2D eigenvalue weighted by Gasteiger charge is -2.10. The Hall–Kier alpha value is -2.10. The molecule has 0 heterocycles. The van der Waals surface area contributed by atoms with E-state index in [2.05, 4.69) is 0 Å². The van der Waals surface area contributed by atoms with E-state index in [0.717, 1.165) is 12.5 Å². The van der Waals surface area contributed by atoms with E-state index < -0.39 is 11.9 Å². The first-order valence-corrected chi connectivity index (χ1v) is 5.71. The van der Waals surface area contributed by atoms with Gasteiger partial charge in [0, 0.05) is 6.08 Å². The van der Waals surface area contributed by atoms with Gasteiger partial charge in [-0.05, 0) is 23.6 Å². The van der Waals surface area contributed by atoms with Gasteiger partial charge in [0.25, 0.3) is 0 Å². The highest BCUT2D eigenvalue weighted by Crippen LogP contribution is 2.24. The van der Waals surface area contributed by atoms with Crippen molar-refractivity contribution in [3.05, 3.63) is 41.5 Å². The number of carbonyl (C=O) groups is 2. The maximum atomic E-state index is 11.6. The first-order valence-electron chi connectivity index (χ1n) is 5.71. The molecule has 18 heavy (non-hydrogen) atoms. The summed E-state index contributed by atoms with van der Waals surface area (Å²) in [4.78, 5) is 22.4. The van der Waals surface area contributed by atoms with Gasteiger partial charge in [-0.25, -0.2) is 9.59 Å². The van der Waals surface area contributed by atoms with Gasteiger partial charge in [-0.2, -0.15) is 0 Å². The van der Waals surface area contributed by atoms with Gasteiger partial charge in [0.05, 0.1) is 12.7 Å². The smallest absolute Gasteiger partial charge is 0.338 e. The first-order chi connectivity index (χ1) is 8.60. The lowest BCUT2D eigenvalue weighted by Crippen LogP contribution is -2.06. The molecule has 0 aliphatic rings. The number of methoxy groups -OCH3 is 1. The topological polar surface area (TPSA) is 63.6 Å². The number of aliphatic carboxylic acids is 1. The molecule has 0 fully saturated rings. The van der Waals surface area contributed by atoms with E-state index in [-0.39, 0.29) is 0 Å². The zero-order valence-electron chi connectivity index (χ0n) is 10.5. The summed E-state index contributed by atoms with van der Waals surface area (Å²) in [5.41, 5.74) is 1.64. The van der Waals surface area contributed by atoms with Crippen LogP contribution in [0.4, 0.5) is 0 Å². The highest BCUT2D eigenvalue weighted by molar-refractivity contribution is 5.98. The number of hydrogen-bond acceptors (Lipinski definition) is 3. The molecule has 96 valence electrons. The Morgan fingerprint density at radius 1 is 1.28 bits per heavy atom. The largest absolute Gasteiger partial charge is 0.478 e. The fourth-order valence-electron chi connectivity index (χ4n) is 1.75. The summed E-state index contributed by atoms with van der Waals surface area (Å²) in [6.45, 7) is 1.95. The second-order valence-corrected chi connectivity index (χ2v) is 3.79. The third-order valence-electron chi connectivity index (χ3n) is 2.50. The summed E-state index contributed by atoms with van der Waals surface area (Å²) >= 11 is 0. The van der Waals surface area contributed by atoms with Crippen LogP contribution in [0, 0.1) is 0 Å². The second-order valence-electron chi connectivity index (χ2n) is 3.79. The van der Waals surface area contributed by atoms with Gasteiger partial charge in [0.2, 0.25) is 0 Å². The predicted molar refractivity (Wildman–Crippen MR) is 68.3 cm³/mol. The average Bonchev–Trinajstić information content (AvgIpc) is 2.37. The fraction of sp³-hybridized carbons (Fsp3) is 0.286. The quantitative estimate of drug-likeness (QED) is 0.642. The minimum atomic E-state index is -1.02.